The van der Waals surface area contributed by atoms with Crippen molar-refractivity contribution in [3.63, 3.8) is 0 Å². The van der Waals surface area contributed by atoms with Crippen LogP contribution in [0.1, 0.15) is 87.1 Å². The Kier molecular flexibility index (Phi) is 16.8. The van der Waals surface area contributed by atoms with E-state index in [2.05, 4.69) is 19.2 Å². The number of rotatable bonds is 20. The number of methoxy groups -OCH3 is 2. The monoisotopic (exact) mass is 707 g/mol. The van der Waals surface area contributed by atoms with E-state index in [4.69, 9.17) is 34.2 Å². The number of carbonyl (C=O) groups is 4. The molecule has 1 aromatic carbocycles. The largest absolute Gasteiger partial charge is 0.493 e. The summed E-state index contributed by atoms with van der Waals surface area (Å²) in [5.74, 6) is -0.655. The maximum Gasteiger partial charge on any atom is 0.414 e. The maximum absolute atomic E-state index is 13.5. The van der Waals surface area contributed by atoms with E-state index < -0.39 is 54.5 Å². The van der Waals surface area contributed by atoms with E-state index in [1.165, 1.54) is 4.90 Å². The molecule has 0 saturated carbocycles. The van der Waals surface area contributed by atoms with Crippen LogP contribution in [0.3, 0.4) is 0 Å². The molecule has 284 valence electrons. The SMILES string of the molecule is CCC(OC)Oc1cc(C[C@@H](C[C@H]2[C@H](C[C@H](C(=O)NCC(C)(C)C(N)=O)C(C)C)OCN2C(=O)OCOC(=O)C(C)C)C(C)C)ccc1OC. The fourth-order valence-corrected chi connectivity index (χ4v) is 5.71. The van der Waals surface area contributed by atoms with Gasteiger partial charge in [0.2, 0.25) is 18.6 Å². The van der Waals surface area contributed by atoms with Crippen molar-refractivity contribution in [1.82, 2.24) is 10.2 Å². The van der Waals surface area contributed by atoms with Gasteiger partial charge in [0, 0.05) is 26.0 Å². The molecule has 1 heterocycles. The Bertz CT molecular complexity index is 1260. The van der Waals surface area contributed by atoms with Crippen LogP contribution in [0.4, 0.5) is 4.79 Å². The van der Waals surface area contributed by atoms with Gasteiger partial charge in [-0.25, -0.2) is 4.79 Å². The number of nitrogens with one attached hydrogen (secondary N) is 1. The number of nitrogens with zero attached hydrogens (tertiary/aromatic N) is 1. The van der Waals surface area contributed by atoms with E-state index in [0.29, 0.717) is 37.2 Å². The number of nitrogens with two attached hydrogens (primary N) is 1. The highest BCUT2D eigenvalue weighted by molar-refractivity contribution is 5.83. The Labute approximate surface area is 298 Å². The summed E-state index contributed by atoms with van der Waals surface area (Å²) in [6, 6.07) is 5.39. The molecule has 13 nitrogen and oxygen atoms in total. The second-order valence-corrected chi connectivity index (χ2v) is 14.7. The highest BCUT2D eigenvalue weighted by atomic mass is 16.7. The fourth-order valence-electron chi connectivity index (χ4n) is 5.71. The quantitative estimate of drug-likeness (QED) is 0.135. The number of ether oxygens (including phenoxy) is 6. The van der Waals surface area contributed by atoms with Gasteiger partial charge in [0.25, 0.3) is 0 Å². The van der Waals surface area contributed by atoms with E-state index in [1.807, 2.05) is 39.0 Å². The third kappa shape index (κ3) is 12.3. The summed E-state index contributed by atoms with van der Waals surface area (Å²) < 4.78 is 33.8. The Morgan fingerprint density at radius 1 is 1.00 bits per heavy atom. The molecule has 0 aliphatic carbocycles. The van der Waals surface area contributed by atoms with Gasteiger partial charge >= 0.3 is 12.1 Å². The molecule has 1 aromatic rings. The van der Waals surface area contributed by atoms with E-state index >= 15 is 0 Å². The Morgan fingerprint density at radius 3 is 2.22 bits per heavy atom. The second-order valence-electron chi connectivity index (χ2n) is 14.7. The molecule has 50 heavy (non-hydrogen) atoms. The third-order valence-corrected chi connectivity index (χ3v) is 9.41. The molecule has 1 aliphatic rings. The van der Waals surface area contributed by atoms with Gasteiger partial charge in [0.05, 0.1) is 30.6 Å². The van der Waals surface area contributed by atoms with Crippen LogP contribution in [0.25, 0.3) is 0 Å². The zero-order chi connectivity index (χ0) is 37.8. The summed E-state index contributed by atoms with van der Waals surface area (Å²) in [5, 5.41) is 2.90. The van der Waals surface area contributed by atoms with Gasteiger partial charge in [-0.05, 0) is 68.6 Å². The van der Waals surface area contributed by atoms with Crippen molar-refractivity contribution in [2.45, 2.75) is 106 Å². The minimum atomic E-state index is -0.916. The molecule has 0 radical (unpaired) electrons. The number of esters is 1. The van der Waals surface area contributed by atoms with Crippen LogP contribution in [0, 0.1) is 35.0 Å². The molecule has 0 spiro atoms. The average Bonchev–Trinajstić information content (AvgIpc) is 3.46. The molecular weight excluding hydrogens is 646 g/mol. The first-order valence-electron chi connectivity index (χ1n) is 17.6. The van der Waals surface area contributed by atoms with Crippen molar-refractivity contribution in [3.05, 3.63) is 23.8 Å². The van der Waals surface area contributed by atoms with E-state index in [-0.39, 0.29) is 42.9 Å². The first kappa shape index (κ1) is 42.6. The fraction of sp³-hybridized carbons (Fsp3) is 0.730. The predicted molar refractivity (Wildman–Crippen MR) is 188 cm³/mol. The number of hydrogen-bond donors (Lipinski definition) is 2. The van der Waals surface area contributed by atoms with Crippen molar-refractivity contribution in [1.29, 1.82) is 0 Å². The molecule has 1 unspecified atom stereocenters. The molecule has 2 rings (SSSR count). The summed E-state index contributed by atoms with van der Waals surface area (Å²) in [5.41, 5.74) is 5.63. The first-order valence-corrected chi connectivity index (χ1v) is 17.6. The van der Waals surface area contributed by atoms with Crippen LogP contribution < -0.4 is 20.5 Å². The Morgan fingerprint density at radius 2 is 1.68 bits per heavy atom. The predicted octanol–water partition coefficient (Wildman–Crippen LogP) is 5.27. The molecule has 0 aromatic heterocycles. The third-order valence-electron chi connectivity index (χ3n) is 9.41. The second kappa shape index (κ2) is 19.7. The van der Waals surface area contributed by atoms with Crippen molar-refractivity contribution in [2.75, 3.05) is 34.3 Å². The molecule has 3 N–H and O–H groups in total. The van der Waals surface area contributed by atoms with E-state index in [0.717, 1.165) is 5.56 Å². The van der Waals surface area contributed by atoms with Crippen LogP contribution in [0.2, 0.25) is 0 Å². The van der Waals surface area contributed by atoms with Gasteiger partial charge in [0.15, 0.2) is 17.8 Å². The number of carbonyl (C=O) groups excluding carboxylic acids is 4. The number of primary amides is 1. The number of amides is 3. The van der Waals surface area contributed by atoms with Gasteiger partial charge in [0.1, 0.15) is 6.73 Å². The van der Waals surface area contributed by atoms with Gasteiger partial charge in [-0.15, -0.1) is 0 Å². The summed E-state index contributed by atoms with van der Waals surface area (Å²) >= 11 is 0. The van der Waals surface area contributed by atoms with Crippen molar-refractivity contribution in [3.8, 4) is 11.5 Å². The number of hydrogen-bond acceptors (Lipinski definition) is 10. The minimum absolute atomic E-state index is 0.0474. The van der Waals surface area contributed by atoms with Crippen LogP contribution in [-0.2, 0) is 39.8 Å². The van der Waals surface area contributed by atoms with Gasteiger partial charge in [-0.1, -0.05) is 54.5 Å². The van der Waals surface area contributed by atoms with Crippen LogP contribution >= 0.6 is 0 Å². The zero-order valence-electron chi connectivity index (χ0n) is 31.9. The summed E-state index contributed by atoms with van der Waals surface area (Å²) in [6.07, 6.45) is 0.601. The lowest BCUT2D eigenvalue weighted by Crippen LogP contribution is -2.47. The summed E-state index contributed by atoms with van der Waals surface area (Å²) in [6.45, 7) is 16.4. The normalized spacial score (nSPS) is 18.2. The minimum Gasteiger partial charge on any atom is -0.493 e. The molecular formula is C37H61N3O10. The lowest BCUT2D eigenvalue weighted by molar-refractivity contribution is -0.156. The molecule has 0 bridgehead atoms. The van der Waals surface area contributed by atoms with Crippen LogP contribution in [-0.4, -0.2) is 81.5 Å². The molecule has 1 aliphatic heterocycles. The van der Waals surface area contributed by atoms with E-state index in [1.54, 1.807) is 41.9 Å². The van der Waals surface area contributed by atoms with Gasteiger partial charge in [-0.2, -0.15) is 0 Å². The molecule has 1 saturated heterocycles. The van der Waals surface area contributed by atoms with E-state index in [9.17, 15) is 19.2 Å². The first-order chi connectivity index (χ1) is 23.4. The smallest absolute Gasteiger partial charge is 0.414 e. The Balaban J connectivity index is 2.38. The maximum atomic E-state index is 13.5. The zero-order valence-corrected chi connectivity index (χ0v) is 31.9. The highest BCUT2D eigenvalue weighted by Gasteiger charge is 2.43. The van der Waals surface area contributed by atoms with Crippen molar-refractivity contribution >= 4 is 23.9 Å². The lowest BCUT2D eigenvalue weighted by atomic mass is 9.80. The molecule has 1 fully saturated rings. The average molecular weight is 708 g/mol. The Hall–Kier alpha value is -3.58. The summed E-state index contributed by atoms with van der Waals surface area (Å²) in [7, 11) is 3.19. The molecule has 5 atom stereocenters. The van der Waals surface area contributed by atoms with Crippen molar-refractivity contribution < 1.29 is 47.6 Å². The highest BCUT2D eigenvalue weighted by Crippen LogP contribution is 2.36. The lowest BCUT2D eigenvalue weighted by Gasteiger charge is -2.33. The molecule has 3 amide bonds. The standard InChI is InChI=1S/C37H61N3O10/c1-12-32(46-11)50-31-16-25(13-14-29(31)45-10)15-26(22(2)3)17-28-30(47-20-40(28)36(44)49-21-48-34(42)24(6)7)18-27(23(4)5)33(41)39-19-37(8,9)35(38)43/h13-14,16,22-24,26-28,30,32H,12,15,17-21H2,1-11H3,(H2,38,43)(H,39,41)/t26-,27-,28-,30-,32?/m0/s1. The topological polar surface area (TPSA) is 165 Å². The van der Waals surface area contributed by atoms with Crippen LogP contribution in [0.15, 0.2) is 18.2 Å². The number of benzene rings is 1. The summed E-state index contributed by atoms with van der Waals surface area (Å²) in [4.78, 5) is 52.3. The molecule has 13 heteroatoms. The van der Waals surface area contributed by atoms with Crippen molar-refractivity contribution in [2.24, 2.45) is 40.7 Å². The van der Waals surface area contributed by atoms with Gasteiger partial charge < -0.3 is 39.5 Å². The van der Waals surface area contributed by atoms with Gasteiger partial charge in [-0.3, -0.25) is 19.3 Å². The van der Waals surface area contributed by atoms with Crippen LogP contribution in [0.5, 0.6) is 11.5 Å².